The molecule has 20 heavy (non-hydrogen) atoms. The van der Waals surface area contributed by atoms with Gasteiger partial charge in [0, 0.05) is 5.41 Å². The van der Waals surface area contributed by atoms with Gasteiger partial charge in [-0.1, -0.05) is 47.0 Å². The van der Waals surface area contributed by atoms with Crippen LogP contribution >= 0.6 is 0 Å². The zero-order valence-corrected chi connectivity index (χ0v) is 14.8. The van der Waals surface area contributed by atoms with Gasteiger partial charge < -0.3 is 8.85 Å². The largest absolute Gasteiger partial charge is 0.767 e. The first kappa shape index (κ1) is 17.7. The van der Waals surface area contributed by atoms with Crippen LogP contribution in [0.5, 0.6) is 0 Å². The summed E-state index contributed by atoms with van der Waals surface area (Å²) in [7, 11) is -2.38. The summed E-state index contributed by atoms with van der Waals surface area (Å²) < 4.78 is 23.7. The van der Waals surface area contributed by atoms with E-state index in [-0.39, 0.29) is 11.0 Å². The van der Waals surface area contributed by atoms with Crippen molar-refractivity contribution < 1.29 is 13.3 Å². The van der Waals surface area contributed by atoms with E-state index >= 15 is 0 Å². The van der Waals surface area contributed by atoms with Crippen molar-refractivity contribution in [3.63, 3.8) is 0 Å². The predicted molar refractivity (Wildman–Crippen MR) is 82.9 cm³/mol. The lowest BCUT2D eigenvalue weighted by Crippen LogP contribution is -2.51. The topological polar surface area (TPSA) is 35.5 Å². The monoisotopic (exact) mass is 300 g/mol. The van der Waals surface area contributed by atoms with Gasteiger partial charge in [-0.05, 0) is 38.5 Å². The molecule has 0 saturated carbocycles. The van der Waals surface area contributed by atoms with Crippen molar-refractivity contribution in [3.05, 3.63) is 0 Å². The van der Waals surface area contributed by atoms with Crippen LogP contribution in [0.4, 0.5) is 0 Å². The smallest absolute Gasteiger partial charge is 0.496 e. The molecule has 0 bridgehead atoms. The predicted octanol–water partition coefficient (Wildman–Crippen LogP) is 4.76. The van der Waals surface area contributed by atoms with Crippen molar-refractivity contribution in [1.29, 1.82) is 0 Å². The van der Waals surface area contributed by atoms with Crippen molar-refractivity contribution in [1.82, 2.24) is 0 Å². The molecule has 118 valence electrons. The van der Waals surface area contributed by atoms with Crippen molar-refractivity contribution in [2.45, 2.75) is 91.1 Å². The standard InChI is InChI=1S/C16H32O3Si/c1-5-15(6-2)13-11-9-10-12-14-18-20(17)19-16(15,7-3)8-4/h5-14H2,1-4H3. The molecule has 1 fully saturated rings. The first-order valence-electron chi connectivity index (χ1n) is 8.45. The Balaban J connectivity index is 3.10. The Morgan fingerprint density at radius 1 is 0.900 bits per heavy atom. The molecule has 0 atom stereocenters. The van der Waals surface area contributed by atoms with Gasteiger partial charge in [-0.25, -0.2) is 0 Å². The van der Waals surface area contributed by atoms with Gasteiger partial charge in [0.1, 0.15) is 5.60 Å². The molecule has 4 heteroatoms. The van der Waals surface area contributed by atoms with E-state index in [0.717, 1.165) is 32.1 Å². The van der Waals surface area contributed by atoms with E-state index in [1.807, 2.05) is 0 Å². The molecular weight excluding hydrogens is 268 g/mol. The molecule has 0 aliphatic carbocycles. The van der Waals surface area contributed by atoms with Crippen LogP contribution in [0.25, 0.3) is 0 Å². The molecular formula is C16H32O3Si. The zero-order chi connectivity index (χ0) is 15.1. The number of hydrogen-bond acceptors (Lipinski definition) is 3. The van der Waals surface area contributed by atoms with E-state index in [1.54, 1.807) is 0 Å². The lowest BCUT2D eigenvalue weighted by molar-refractivity contribution is -0.0989. The van der Waals surface area contributed by atoms with Crippen LogP contribution in [0.1, 0.15) is 85.5 Å². The zero-order valence-electron chi connectivity index (χ0n) is 13.8. The third-order valence-corrected chi connectivity index (χ3v) is 6.51. The van der Waals surface area contributed by atoms with Crippen LogP contribution in [0.15, 0.2) is 0 Å². The molecule has 1 aliphatic rings. The summed E-state index contributed by atoms with van der Waals surface area (Å²) in [4.78, 5) is 0. The van der Waals surface area contributed by atoms with Crippen LogP contribution < -0.4 is 0 Å². The van der Waals surface area contributed by atoms with Crippen molar-refractivity contribution >= 4 is 9.17 Å². The molecule has 0 N–H and O–H groups in total. The van der Waals surface area contributed by atoms with E-state index in [9.17, 15) is 4.46 Å². The molecule has 3 nitrogen and oxygen atoms in total. The minimum Gasteiger partial charge on any atom is -0.496 e. The molecule has 1 saturated heterocycles. The Labute approximate surface area is 126 Å². The molecule has 0 unspecified atom stereocenters. The van der Waals surface area contributed by atoms with Gasteiger partial charge in [0.15, 0.2) is 0 Å². The highest BCUT2D eigenvalue weighted by molar-refractivity contribution is 6.26. The quantitative estimate of drug-likeness (QED) is 0.702. The van der Waals surface area contributed by atoms with Crippen LogP contribution in [0.3, 0.4) is 0 Å². The van der Waals surface area contributed by atoms with Gasteiger partial charge in [-0.15, -0.1) is 0 Å². The van der Waals surface area contributed by atoms with Gasteiger partial charge in [-0.2, -0.15) is 0 Å². The van der Waals surface area contributed by atoms with E-state index < -0.39 is 9.17 Å². The van der Waals surface area contributed by atoms with Crippen LogP contribution in [-0.2, 0) is 13.3 Å². The average Bonchev–Trinajstić information content (AvgIpc) is 2.50. The molecule has 0 aromatic rings. The summed E-state index contributed by atoms with van der Waals surface area (Å²) in [6.45, 7) is 9.42. The summed E-state index contributed by atoms with van der Waals surface area (Å²) in [5.74, 6) is 0. The summed E-state index contributed by atoms with van der Waals surface area (Å²) >= 11 is 0. The second-order valence-corrected chi connectivity index (χ2v) is 7.05. The maximum Gasteiger partial charge on any atom is 0.767 e. The fourth-order valence-electron chi connectivity index (χ4n) is 3.99. The number of hydrogen-bond donors (Lipinski definition) is 0. The summed E-state index contributed by atoms with van der Waals surface area (Å²) in [5.41, 5.74) is -0.165. The highest BCUT2D eigenvalue weighted by Gasteiger charge is 2.49. The highest BCUT2D eigenvalue weighted by Crippen LogP contribution is 2.49. The molecule has 0 aromatic heterocycles. The second kappa shape index (κ2) is 8.16. The van der Waals surface area contributed by atoms with Crippen LogP contribution in [0.2, 0.25) is 0 Å². The Morgan fingerprint density at radius 3 is 2.05 bits per heavy atom. The normalized spacial score (nSPS) is 23.3. The first-order valence-corrected chi connectivity index (χ1v) is 9.68. The first-order chi connectivity index (χ1) is 9.59. The van der Waals surface area contributed by atoms with E-state index in [0.29, 0.717) is 6.61 Å². The Bertz CT molecular complexity index is 296. The molecule has 0 radical (unpaired) electrons. The molecule has 0 spiro atoms. The van der Waals surface area contributed by atoms with E-state index in [4.69, 9.17) is 8.85 Å². The van der Waals surface area contributed by atoms with E-state index in [1.165, 1.54) is 25.7 Å². The van der Waals surface area contributed by atoms with Crippen LogP contribution in [0, 0.1) is 5.41 Å². The second-order valence-electron chi connectivity index (χ2n) is 6.05. The summed E-state index contributed by atoms with van der Waals surface area (Å²) in [6, 6.07) is 0. The van der Waals surface area contributed by atoms with Gasteiger partial charge in [0.2, 0.25) is 0 Å². The minimum absolute atomic E-state index is 0.129. The molecule has 0 aromatic carbocycles. The summed E-state index contributed by atoms with van der Waals surface area (Å²) in [6.07, 6.45) is 9.82. The van der Waals surface area contributed by atoms with Gasteiger partial charge >= 0.3 is 9.17 Å². The minimum atomic E-state index is -2.38. The average molecular weight is 301 g/mol. The van der Waals surface area contributed by atoms with Gasteiger partial charge in [-0.3, -0.25) is 4.46 Å². The van der Waals surface area contributed by atoms with Crippen molar-refractivity contribution in [3.8, 4) is 0 Å². The third kappa shape index (κ3) is 3.63. The summed E-state index contributed by atoms with van der Waals surface area (Å²) in [5, 5.41) is 0. The molecule has 1 rings (SSSR count). The molecule has 1 aliphatic heterocycles. The Morgan fingerprint density at radius 2 is 1.50 bits per heavy atom. The maximum absolute atomic E-state index is 12.2. The van der Waals surface area contributed by atoms with Gasteiger partial charge in [0.05, 0.1) is 6.61 Å². The SMILES string of the molecule is CCC1(CC)CCCCCCO[Si](=O)OC1(CC)CC. The lowest BCUT2D eigenvalue weighted by atomic mass is 9.63. The third-order valence-electron chi connectivity index (χ3n) is 5.51. The fraction of sp³-hybridized carbons (Fsp3) is 1.00. The lowest BCUT2D eigenvalue weighted by Gasteiger charge is -2.49. The maximum atomic E-state index is 12.2. The van der Waals surface area contributed by atoms with Crippen LogP contribution in [-0.4, -0.2) is 21.4 Å². The highest BCUT2D eigenvalue weighted by atomic mass is 28.3. The molecule has 1 heterocycles. The fourth-order valence-corrected chi connectivity index (χ4v) is 5.19. The Kier molecular flexibility index (Phi) is 7.20. The Hall–Kier alpha value is -0.383. The van der Waals surface area contributed by atoms with Crippen molar-refractivity contribution in [2.24, 2.45) is 5.41 Å². The molecule has 0 amide bonds. The number of rotatable bonds is 4. The van der Waals surface area contributed by atoms with E-state index in [2.05, 4.69) is 27.7 Å². The van der Waals surface area contributed by atoms with Gasteiger partial charge in [0.25, 0.3) is 0 Å². The van der Waals surface area contributed by atoms with Crippen molar-refractivity contribution in [2.75, 3.05) is 6.61 Å².